The Balaban J connectivity index is 2.61. The largest absolute Gasteiger partial charge is 0.506 e. The van der Waals surface area contributed by atoms with Crippen molar-refractivity contribution in [2.24, 2.45) is 0 Å². The maximum Gasteiger partial charge on any atom is 0.416 e. The lowest BCUT2D eigenvalue weighted by Crippen LogP contribution is -2.42. The maximum atomic E-state index is 12.9. The molecule has 8 heteroatoms. The molecular formula is C17H16F3NO4. The van der Waals surface area contributed by atoms with E-state index in [-0.39, 0.29) is 23.5 Å². The number of hydrogen-bond donors (Lipinski definition) is 2. The molecule has 0 aliphatic heterocycles. The van der Waals surface area contributed by atoms with Crippen molar-refractivity contribution in [2.75, 3.05) is 6.54 Å². The smallest absolute Gasteiger partial charge is 0.416 e. The summed E-state index contributed by atoms with van der Waals surface area (Å²) in [5, 5.41) is 12.5. The number of carbonyl (C=O) groups excluding carboxylic acids is 3. The minimum Gasteiger partial charge on any atom is -0.506 e. The molecule has 2 N–H and O–H groups in total. The summed E-state index contributed by atoms with van der Waals surface area (Å²) in [5.74, 6) is -2.82. The van der Waals surface area contributed by atoms with Crippen molar-refractivity contribution in [3.63, 3.8) is 0 Å². The third-order valence-electron chi connectivity index (χ3n) is 4.03. The Morgan fingerprint density at radius 2 is 1.84 bits per heavy atom. The van der Waals surface area contributed by atoms with Crippen molar-refractivity contribution in [3.05, 3.63) is 40.5 Å². The van der Waals surface area contributed by atoms with E-state index < -0.39 is 40.2 Å². The van der Waals surface area contributed by atoms with Gasteiger partial charge in [0.25, 0.3) is 5.91 Å². The maximum absolute atomic E-state index is 12.9. The highest BCUT2D eigenvalue weighted by atomic mass is 19.4. The van der Waals surface area contributed by atoms with Gasteiger partial charge in [-0.1, -0.05) is 6.07 Å². The fraction of sp³-hybridized carbons (Fsp3) is 0.353. The van der Waals surface area contributed by atoms with E-state index in [0.717, 1.165) is 18.2 Å². The van der Waals surface area contributed by atoms with Crippen molar-refractivity contribution in [1.82, 2.24) is 5.32 Å². The minimum absolute atomic E-state index is 0.0204. The SMILES string of the molecule is CC(=O)CNC(=O)C1=C(O)c2ccc(C(F)(F)F)cc2C(C)(C)C1=O. The number of rotatable bonds is 3. The van der Waals surface area contributed by atoms with Gasteiger partial charge in [-0.15, -0.1) is 0 Å². The quantitative estimate of drug-likeness (QED) is 0.816. The van der Waals surface area contributed by atoms with Gasteiger partial charge >= 0.3 is 6.18 Å². The summed E-state index contributed by atoms with van der Waals surface area (Å²) in [5.41, 5.74) is -3.02. The zero-order valence-corrected chi connectivity index (χ0v) is 13.7. The lowest BCUT2D eigenvalue weighted by Gasteiger charge is -2.32. The Morgan fingerprint density at radius 3 is 2.36 bits per heavy atom. The van der Waals surface area contributed by atoms with Gasteiger partial charge < -0.3 is 10.4 Å². The predicted octanol–water partition coefficient (Wildman–Crippen LogP) is 2.54. The average molecular weight is 355 g/mol. The molecule has 1 amide bonds. The molecule has 1 aromatic rings. The number of carbonyl (C=O) groups is 3. The van der Waals surface area contributed by atoms with Crippen LogP contribution in [0, 0.1) is 0 Å². The summed E-state index contributed by atoms with van der Waals surface area (Å²) in [7, 11) is 0. The van der Waals surface area contributed by atoms with E-state index in [1.54, 1.807) is 0 Å². The highest BCUT2D eigenvalue weighted by Crippen LogP contribution is 2.42. The molecule has 5 nitrogen and oxygen atoms in total. The molecule has 2 rings (SSSR count). The van der Waals surface area contributed by atoms with E-state index in [4.69, 9.17) is 0 Å². The minimum atomic E-state index is -4.60. The first-order valence-electron chi connectivity index (χ1n) is 7.35. The summed E-state index contributed by atoms with van der Waals surface area (Å²) in [6.45, 7) is 3.65. The highest BCUT2D eigenvalue weighted by Gasteiger charge is 2.44. The van der Waals surface area contributed by atoms with E-state index in [9.17, 15) is 32.7 Å². The van der Waals surface area contributed by atoms with Gasteiger partial charge in [0, 0.05) is 5.56 Å². The Labute approximate surface area is 141 Å². The fourth-order valence-electron chi connectivity index (χ4n) is 2.62. The number of alkyl halides is 3. The predicted molar refractivity (Wildman–Crippen MR) is 82.7 cm³/mol. The van der Waals surface area contributed by atoms with Crippen LogP contribution in [0.15, 0.2) is 23.8 Å². The average Bonchev–Trinajstić information content (AvgIpc) is 2.50. The first-order valence-corrected chi connectivity index (χ1v) is 7.35. The summed E-state index contributed by atoms with van der Waals surface area (Å²) >= 11 is 0. The third-order valence-corrected chi connectivity index (χ3v) is 4.03. The molecule has 0 unspecified atom stereocenters. The highest BCUT2D eigenvalue weighted by molar-refractivity contribution is 6.28. The number of nitrogens with one attached hydrogen (secondary N) is 1. The zero-order chi connectivity index (χ0) is 19.2. The molecule has 1 aliphatic rings. The van der Waals surface area contributed by atoms with Gasteiger partial charge in [-0.3, -0.25) is 14.4 Å². The fourth-order valence-corrected chi connectivity index (χ4v) is 2.62. The molecule has 0 atom stereocenters. The number of fused-ring (bicyclic) bond motifs is 1. The van der Waals surface area contributed by atoms with Gasteiger partial charge in [0.05, 0.1) is 17.5 Å². The molecule has 25 heavy (non-hydrogen) atoms. The van der Waals surface area contributed by atoms with Gasteiger partial charge in [-0.2, -0.15) is 13.2 Å². The summed E-state index contributed by atoms with van der Waals surface area (Å²) < 4.78 is 38.8. The number of ketones is 2. The molecule has 0 bridgehead atoms. The van der Waals surface area contributed by atoms with E-state index in [1.165, 1.54) is 20.8 Å². The first-order chi connectivity index (χ1) is 11.4. The van der Waals surface area contributed by atoms with Crippen LogP contribution < -0.4 is 5.32 Å². The normalized spacial score (nSPS) is 16.5. The van der Waals surface area contributed by atoms with Crippen LogP contribution in [0.25, 0.3) is 5.76 Å². The van der Waals surface area contributed by atoms with Crippen LogP contribution in [0.5, 0.6) is 0 Å². The van der Waals surface area contributed by atoms with Crippen molar-refractivity contribution in [1.29, 1.82) is 0 Å². The van der Waals surface area contributed by atoms with Gasteiger partial charge in [-0.25, -0.2) is 0 Å². The second-order valence-electron chi connectivity index (χ2n) is 6.32. The second kappa shape index (κ2) is 6.02. The van der Waals surface area contributed by atoms with E-state index >= 15 is 0 Å². The van der Waals surface area contributed by atoms with Crippen molar-refractivity contribution >= 4 is 23.2 Å². The molecule has 1 aliphatic carbocycles. The standard InChI is InChI=1S/C17H16F3NO4/c1-8(22)7-21-15(25)12-13(23)10-5-4-9(17(18,19)20)6-11(10)16(2,3)14(12)24/h4-6,23H,7H2,1-3H3,(H,21,25). The van der Waals surface area contributed by atoms with Crippen molar-refractivity contribution in [3.8, 4) is 0 Å². The van der Waals surface area contributed by atoms with Crippen LogP contribution in [0.3, 0.4) is 0 Å². The summed E-state index contributed by atoms with van der Waals surface area (Å²) in [6.07, 6.45) is -4.60. The zero-order valence-electron chi connectivity index (χ0n) is 13.7. The first kappa shape index (κ1) is 18.7. The molecule has 0 radical (unpaired) electrons. The van der Waals surface area contributed by atoms with E-state index in [0.29, 0.717) is 0 Å². The van der Waals surface area contributed by atoms with Gasteiger partial charge in [0.15, 0.2) is 5.78 Å². The van der Waals surface area contributed by atoms with Gasteiger partial charge in [-0.05, 0) is 38.5 Å². The summed E-state index contributed by atoms with van der Waals surface area (Å²) in [4.78, 5) is 35.8. The Bertz CT molecular complexity index is 807. The number of halogens is 3. The number of benzene rings is 1. The van der Waals surface area contributed by atoms with Gasteiger partial charge in [0.1, 0.15) is 17.1 Å². The third kappa shape index (κ3) is 3.29. The lowest BCUT2D eigenvalue weighted by atomic mass is 9.70. The Morgan fingerprint density at radius 1 is 1.24 bits per heavy atom. The monoisotopic (exact) mass is 355 g/mol. The number of Topliss-reactive ketones (excluding diaryl/α,β-unsaturated/α-hetero) is 2. The number of aliphatic hydroxyl groups excluding tert-OH is 1. The lowest BCUT2D eigenvalue weighted by molar-refractivity contribution is -0.138. The van der Waals surface area contributed by atoms with Crippen molar-refractivity contribution in [2.45, 2.75) is 32.4 Å². The number of amides is 1. The molecule has 0 spiro atoms. The van der Waals surface area contributed by atoms with Crippen LogP contribution >= 0.6 is 0 Å². The molecule has 0 heterocycles. The van der Waals surface area contributed by atoms with Crippen LogP contribution in [-0.4, -0.2) is 29.1 Å². The Kier molecular flexibility index (Phi) is 4.50. The van der Waals surface area contributed by atoms with Crippen LogP contribution in [-0.2, 0) is 26.0 Å². The van der Waals surface area contributed by atoms with E-state index in [1.807, 2.05) is 0 Å². The van der Waals surface area contributed by atoms with Crippen molar-refractivity contribution < 1.29 is 32.7 Å². The number of hydrogen-bond acceptors (Lipinski definition) is 4. The molecule has 0 aromatic heterocycles. The summed E-state index contributed by atoms with van der Waals surface area (Å²) in [6, 6.07) is 2.60. The molecule has 0 saturated carbocycles. The van der Waals surface area contributed by atoms with Gasteiger partial charge in [0.2, 0.25) is 0 Å². The van der Waals surface area contributed by atoms with E-state index in [2.05, 4.69) is 5.32 Å². The topological polar surface area (TPSA) is 83.5 Å². The molecule has 0 saturated heterocycles. The Hall–Kier alpha value is -2.64. The van der Waals surface area contributed by atoms with Crippen LogP contribution in [0.2, 0.25) is 0 Å². The molecule has 134 valence electrons. The molecule has 0 fully saturated rings. The number of aliphatic hydroxyl groups is 1. The van der Waals surface area contributed by atoms with Crippen LogP contribution in [0.4, 0.5) is 13.2 Å². The second-order valence-corrected chi connectivity index (χ2v) is 6.32. The van der Waals surface area contributed by atoms with Crippen LogP contribution in [0.1, 0.15) is 37.5 Å². The molecular weight excluding hydrogens is 339 g/mol. The molecule has 1 aromatic carbocycles.